The van der Waals surface area contributed by atoms with Gasteiger partial charge in [-0.15, -0.1) is 0 Å². The van der Waals surface area contributed by atoms with Gasteiger partial charge in [-0.1, -0.05) is 79.7 Å². The van der Waals surface area contributed by atoms with Gasteiger partial charge in [0.15, 0.2) is 6.20 Å². The molecule has 0 fully saturated rings. The summed E-state index contributed by atoms with van der Waals surface area (Å²) in [6, 6.07) is 21.9. The molecule has 2 nitrogen and oxygen atoms in total. The maximum atomic E-state index is 2.61. The molecule has 0 amide bonds. The van der Waals surface area contributed by atoms with Crippen molar-refractivity contribution in [1.29, 1.82) is 0 Å². The van der Waals surface area contributed by atoms with E-state index in [1.807, 2.05) is 0 Å². The van der Waals surface area contributed by atoms with Crippen molar-refractivity contribution in [2.24, 2.45) is 7.05 Å². The molecule has 0 aliphatic rings. The van der Waals surface area contributed by atoms with Crippen molar-refractivity contribution < 1.29 is 4.57 Å². The molecule has 0 radical (unpaired) electrons. The molecular weight excluding hydrogens is 532 g/mol. The third-order valence-electron chi connectivity index (χ3n) is 10.4. The summed E-state index contributed by atoms with van der Waals surface area (Å²) in [7, 11) is 2.22. The Bertz CT molecular complexity index is 2230. The Labute approximate surface area is 262 Å². The Morgan fingerprint density at radius 1 is 0.614 bits per heavy atom. The zero-order valence-corrected chi connectivity index (χ0v) is 28.5. The summed E-state index contributed by atoms with van der Waals surface area (Å²) in [6.45, 7) is 23.2. The minimum absolute atomic E-state index is 0.427. The van der Waals surface area contributed by atoms with Crippen molar-refractivity contribution in [3.05, 3.63) is 94.2 Å². The van der Waals surface area contributed by atoms with E-state index in [9.17, 15) is 0 Å². The van der Waals surface area contributed by atoms with E-state index in [0.29, 0.717) is 23.7 Å². The lowest BCUT2D eigenvalue weighted by Gasteiger charge is -2.24. The summed E-state index contributed by atoms with van der Waals surface area (Å²) in [5, 5.41) is 6.74. The molecule has 2 heteroatoms. The van der Waals surface area contributed by atoms with Crippen LogP contribution >= 0.6 is 0 Å². The summed E-state index contributed by atoms with van der Waals surface area (Å²) in [4.78, 5) is 0. The largest absolute Gasteiger partial charge is 0.307 e. The summed E-state index contributed by atoms with van der Waals surface area (Å²) in [6.07, 6.45) is 2.27. The highest BCUT2D eigenvalue weighted by Crippen LogP contribution is 2.45. The Kier molecular flexibility index (Phi) is 6.59. The third-order valence-corrected chi connectivity index (χ3v) is 10.4. The second kappa shape index (κ2) is 10.1. The molecule has 4 aromatic carbocycles. The van der Waals surface area contributed by atoms with Gasteiger partial charge >= 0.3 is 0 Å². The van der Waals surface area contributed by atoms with Crippen molar-refractivity contribution in [3.8, 4) is 11.1 Å². The molecule has 0 spiro atoms. The molecule has 44 heavy (non-hydrogen) atoms. The zero-order valence-electron chi connectivity index (χ0n) is 28.5. The van der Waals surface area contributed by atoms with E-state index in [2.05, 4.69) is 146 Å². The first-order valence-corrected chi connectivity index (χ1v) is 16.6. The smallest absolute Gasteiger partial charge is 0.224 e. The quantitative estimate of drug-likeness (QED) is 0.109. The summed E-state index contributed by atoms with van der Waals surface area (Å²) in [5.74, 6) is 1.82. The van der Waals surface area contributed by atoms with Gasteiger partial charge in [0.1, 0.15) is 7.05 Å². The SMILES string of the molecule is Cc1cc2c3ccc(C(C)C)cc3n3c4cc(-c5c(C(C)C)cc(C(C)C)cc5C(C)C)cc5cc[n+](C)c(c(c1C)c23)c54. The number of benzene rings is 4. The monoisotopic (exact) mass is 579 g/mol. The van der Waals surface area contributed by atoms with E-state index >= 15 is 0 Å². The van der Waals surface area contributed by atoms with Crippen LogP contribution in [0.25, 0.3) is 60.1 Å². The highest BCUT2D eigenvalue weighted by Gasteiger charge is 2.27. The van der Waals surface area contributed by atoms with Crippen LogP contribution in [0.3, 0.4) is 0 Å². The van der Waals surface area contributed by atoms with Gasteiger partial charge in [-0.2, -0.15) is 0 Å². The van der Waals surface area contributed by atoms with Gasteiger partial charge in [-0.05, 0) is 112 Å². The highest BCUT2D eigenvalue weighted by atomic mass is 15.0. The maximum Gasteiger partial charge on any atom is 0.224 e. The molecule has 7 rings (SSSR count). The van der Waals surface area contributed by atoms with E-state index in [-0.39, 0.29) is 0 Å². The molecule has 0 saturated heterocycles. The average molecular weight is 580 g/mol. The van der Waals surface area contributed by atoms with E-state index in [0.717, 1.165) is 0 Å². The fraction of sp³-hybridized carbons (Fsp3) is 0.357. The molecule has 0 unspecified atom stereocenters. The molecule has 0 aliphatic carbocycles. The lowest BCUT2D eigenvalue weighted by Crippen LogP contribution is -2.29. The van der Waals surface area contributed by atoms with Crippen LogP contribution in [-0.2, 0) is 7.05 Å². The first-order valence-electron chi connectivity index (χ1n) is 16.6. The Morgan fingerprint density at radius 3 is 1.89 bits per heavy atom. The van der Waals surface area contributed by atoms with Crippen LogP contribution in [-0.4, -0.2) is 4.40 Å². The second-order valence-electron chi connectivity index (χ2n) is 14.6. The van der Waals surface area contributed by atoms with Gasteiger partial charge in [0.05, 0.1) is 27.3 Å². The number of rotatable bonds is 5. The number of hydrogen-bond acceptors (Lipinski definition) is 0. The average Bonchev–Trinajstić information content (AvgIpc) is 3.30. The van der Waals surface area contributed by atoms with E-state index in [1.165, 1.54) is 93.5 Å². The fourth-order valence-corrected chi connectivity index (χ4v) is 7.71. The fourth-order valence-electron chi connectivity index (χ4n) is 7.71. The molecular formula is C42H47N2+. The van der Waals surface area contributed by atoms with E-state index < -0.39 is 0 Å². The Hall–Kier alpha value is -3.91. The minimum Gasteiger partial charge on any atom is -0.307 e. The predicted octanol–water partition coefficient (Wildman–Crippen LogP) is 11.6. The molecule has 0 saturated carbocycles. The zero-order chi connectivity index (χ0) is 31.4. The van der Waals surface area contributed by atoms with E-state index in [4.69, 9.17) is 0 Å². The second-order valence-corrected chi connectivity index (χ2v) is 14.6. The Morgan fingerprint density at radius 2 is 1.27 bits per heavy atom. The van der Waals surface area contributed by atoms with Gasteiger partial charge in [-0.25, -0.2) is 4.57 Å². The minimum atomic E-state index is 0.427. The predicted molar refractivity (Wildman–Crippen MR) is 191 cm³/mol. The topological polar surface area (TPSA) is 8.29 Å². The van der Waals surface area contributed by atoms with Gasteiger partial charge in [0, 0.05) is 16.8 Å². The molecule has 0 bridgehead atoms. The van der Waals surface area contributed by atoms with Gasteiger partial charge in [0.2, 0.25) is 5.52 Å². The van der Waals surface area contributed by atoms with Crippen LogP contribution in [0.1, 0.15) is 112 Å². The molecule has 0 aliphatic heterocycles. The number of nitrogens with zero attached hydrogens (tertiary/aromatic N) is 2. The van der Waals surface area contributed by atoms with Crippen LogP contribution in [0.15, 0.2) is 60.8 Å². The molecule has 0 N–H and O–H groups in total. The number of pyridine rings is 2. The van der Waals surface area contributed by atoms with Crippen molar-refractivity contribution >= 4 is 49.0 Å². The van der Waals surface area contributed by atoms with Gasteiger partial charge in [0.25, 0.3) is 0 Å². The Balaban J connectivity index is 1.75. The van der Waals surface area contributed by atoms with Crippen LogP contribution in [0.5, 0.6) is 0 Å². The van der Waals surface area contributed by atoms with Crippen LogP contribution in [0, 0.1) is 13.8 Å². The van der Waals surface area contributed by atoms with Gasteiger partial charge in [-0.3, -0.25) is 0 Å². The lowest BCUT2D eigenvalue weighted by atomic mass is 9.81. The number of fused-ring (bicyclic) bond motifs is 5. The lowest BCUT2D eigenvalue weighted by molar-refractivity contribution is -0.643. The third kappa shape index (κ3) is 4.03. The first-order chi connectivity index (χ1) is 20.9. The highest BCUT2D eigenvalue weighted by molar-refractivity contribution is 6.26. The molecule has 224 valence electrons. The van der Waals surface area contributed by atoms with Crippen molar-refractivity contribution in [2.45, 2.75) is 92.9 Å². The standard InChI is InChI=1S/C42H47N2/c1-22(2)28-12-13-32-35-16-26(9)27(10)38-41(35)44(36(32)20-28)37-21-31(17-29-14-15-43(11)42(38)40(29)37)39-33(24(5)6)18-30(23(3)4)19-34(39)25(7)8/h12-25H,1-11H3/q+1. The van der Waals surface area contributed by atoms with E-state index in [1.54, 1.807) is 0 Å². The first kappa shape index (κ1) is 28.8. The van der Waals surface area contributed by atoms with Crippen LogP contribution in [0.2, 0.25) is 0 Å². The molecule has 3 aromatic heterocycles. The molecule has 0 atom stereocenters. The number of hydrogen-bond donors (Lipinski definition) is 0. The van der Waals surface area contributed by atoms with Crippen LogP contribution in [0.4, 0.5) is 0 Å². The van der Waals surface area contributed by atoms with Crippen molar-refractivity contribution in [3.63, 3.8) is 0 Å². The molecule has 7 aromatic rings. The summed E-state index contributed by atoms with van der Waals surface area (Å²) < 4.78 is 4.97. The van der Waals surface area contributed by atoms with Gasteiger partial charge < -0.3 is 4.40 Å². The van der Waals surface area contributed by atoms with Crippen molar-refractivity contribution in [1.82, 2.24) is 4.40 Å². The maximum absolute atomic E-state index is 2.61. The van der Waals surface area contributed by atoms with Crippen LogP contribution < -0.4 is 4.57 Å². The normalized spacial score (nSPS) is 12.8. The summed E-state index contributed by atoms with van der Waals surface area (Å²) in [5.41, 5.74) is 16.5. The number of aryl methyl sites for hydroxylation is 3. The van der Waals surface area contributed by atoms with Crippen molar-refractivity contribution in [2.75, 3.05) is 0 Å². The molecule has 3 heterocycles. The number of aromatic nitrogens is 2. The summed E-state index contributed by atoms with van der Waals surface area (Å²) >= 11 is 0.